The fourth-order valence-electron chi connectivity index (χ4n) is 1.86. The molecule has 1 N–H and O–H groups in total. The average Bonchev–Trinajstić information content (AvgIpc) is 2.70. The number of thioether (sulfide) groups is 1. The van der Waals surface area contributed by atoms with Crippen LogP contribution in [-0.4, -0.2) is 71.4 Å². The summed E-state index contributed by atoms with van der Waals surface area (Å²) in [5.74, 6) is -0.487. The van der Waals surface area contributed by atoms with Crippen LogP contribution in [0, 0.1) is 0 Å². The van der Waals surface area contributed by atoms with E-state index in [0.29, 0.717) is 18.9 Å². The van der Waals surface area contributed by atoms with Crippen molar-refractivity contribution in [2.75, 3.05) is 33.1 Å². The van der Waals surface area contributed by atoms with Crippen molar-refractivity contribution in [2.24, 2.45) is 0 Å². The van der Waals surface area contributed by atoms with E-state index in [9.17, 15) is 9.59 Å². The Morgan fingerprint density at radius 2 is 2.22 bits per heavy atom. The van der Waals surface area contributed by atoms with Crippen LogP contribution < -0.4 is 0 Å². The van der Waals surface area contributed by atoms with Gasteiger partial charge in [-0.15, -0.1) is 11.8 Å². The second-order valence-electron chi connectivity index (χ2n) is 4.24. The van der Waals surface area contributed by atoms with E-state index in [1.54, 1.807) is 19.1 Å². The van der Waals surface area contributed by atoms with Gasteiger partial charge in [-0.1, -0.05) is 0 Å². The predicted molar refractivity (Wildman–Crippen MR) is 69.7 cm³/mol. The highest BCUT2D eigenvalue weighted by Crippen LogP contribution is 2.29. The first kappa shape index (κ1) is 15.1. The van der Waals surface area contributed by atoms with E-state index in [4.69, 9.17) is 9.84 Å². The first-order valence-corrected chi connectivity index (χ1v) is 6.90. The van der Waals surface area contributed by atoms with Crippen LogP contribution in [-0.2, 0) is 9.53 Å². The molecule has 0 aliphatic carbocycles. The number of hydrogen-bond acceptors (Lipinski definition) is 4. The standard InChI is InChI=1S/C11H20N2O4S/c1-8-13(9(7-18-8)10(14)15)11(16)12(2)5-4-6-17-3/h8-9H,4-7H2,1-3H3,(H,14,15). The lowest BCUT2D eigenvalue weighted by atomic mass is 10.3. The lowest BCUT2D eigenvalue weighted by Gasteiger charge is -2.30. The first-order valence-electron chi connectivity index (χ1n) is 5.85. The predicted octanol–water partition coefficient (Wildman–Crippen LogP) is 0.923. The van der Waals surface area contributed by atoms with Gasteiger partial charge in [-0.25, -0.2) is 9.59 Å². The summed E-state index contributed by atoms with van der Waals surface area (Å²) in [5, 5.41) is 9.01. The van der Waals surface area contributed by atoms with Gasteiger partial charge in [-0.2, -0.15) is 0 Å². The van der Waals surface area contributed by atoms with Crippen LogP contribution in [0.15, 0.2) is 0 Å². The second kappa shape index (κ2) is 6.84. The number of hydrogen-bond donors (Lipinski definition) is 1. The average molecular weight is 276 g/mol. The van der Waals surface area contributed by atoms with Crippen LogP contribution in [0.5, 0.6) is 0 Å². The Hall–Kier alpha value is -0.950. The van der Waals surface area contributed by atoms with Gasteiger partial charge in [0.1, 0.15) is 6.04 Å². The van der Waals surface area contributed by atoms with Crippen LogP contribution in [0.4, 0.5) is 4.79 Å². The van der Waals surface area contributed by atoms with Gasteiger partial charge in [-0.05, 0) is 13.3 Å². The summed E-state index contributed by atoms with van der Waals surface area (Å²) < 4.78 is 4.93. The Labute approximate surface area is 111 Å². The minimum atomic E-state index is -0.939. The number of carboxylic acids is 1. The molecule has 1 aliphatic heterocycles. The molecular formula is C11H20N2O4S. The molecule has 1 rings (SSSR count). The zero-order valence-electron chi connectivity index (χ0n) is 11.0. The Morgan fingerprint density at radius 1 is 1.56 bits per heavy atom. The molecule has 1 heterocycles. The van der Waals surface area contributed by atoms with E-state index in [1.807, 2.05) is 6.92 Å². The van der Waals surface area contributed by atoms with Crippen molar-refractivity contribution in [3.63, 3.8) is 0 Å². The van der Waals surface area contributed by atoms with Gasteiger partial charge >= 0.3 is 12.0 Å². The Balaban J connectivity index is 2.60. The van der Waals surface area contributed by atoms with Gasteiger partial charge < -0.3 is 14.7 Å². The number of ether oxygens (including phenoxy) is 1. The monoisotopic (exact) mass is 276 g/mol. The number of rotatable bonds is 5. The summed E-state index contributed by atoms with van der Waals surface area (Å²) in [6.07, 6.45) is 0.742. The van der Waals surface area contributed by atoms with E-state index < -0.39 is 12.0 Å². The number of carboxylic acid groups (broad SMARTS) is 1. The molecule has 0 aromatic heterocycles. The quantitative estimate of drug-likeness (QED) is 0.756. The van der Waals surface area contributed by atoms with Crippen molar-refractivity contribution < 1.29 is 19.4 Å². The molecule has 0 saturated carbocycles. The van der Waals surface area contributed by atoms with Gasteiger partial charge in [0.25, 0.3) is 0 Å². The molecule has 1 saturated heterocycles. The van der Waals surface area contributed by atoms with Gasteiger partial charge in [0.2, 0.25) is 0 Å². The minimum Gasteiger partial charge on any atom is -0.480 e. The maximum Gasteiger partial charge on any atom is 0.327 e. The zero-order chi connectivity index (χ0) is 13.7. The molecule has 2 atom stereocenters. The third-order valence-electron chi connectivity index (χ3n) is 2.90. The largest absolute Gasteiger partial charge is 0.480 e. The van der Waals surface area contributed by atoms with Crippen LogP contribution in [0.1, 0.15) is 13.3 Å². The first-order chi connectivity index (χ1) is 8.49. The van der Waals surface area contributed by atoms with Crippen LogP contribution in [0.2, 0.25) is 0 Å². The number of nitrogens with zero attached hydrogens (tertiary/aromatic N) is 2. The number of urea groups is 1. The number of methoxy groups -OCH3 is 1. The highest BCUT2D eigenvalue weighted by Gasteiger charge is 2.40. The maximum absolute atomic E-state index is 12.2. The van der Waals surface area contributed by atoms with Crippen LogP contribution >= 0.6 is 11.8 Å². The van der Waals surface area contributed by atoms with E-state index in [-0.39, 0.29) is 11.4 Å². The topological polar surface area (TPSA) is 70.1 Å². The van der Waals surface area contributed by atoms with Crippen molar-refractivity contribution in [1.82, 2.24) is 9.80 Å². The lowest BCUT2D eigenvalue weighted by Crippen LogP contribution is -2.50. The third-order valence-corrected chi connectivity index (χ3v) is 4.12. The second-order valence-corrected chi connectivity index (χ2v) is 5.59. The SMILES string of the molecule is COCCCN(C)C(=O)N1C(C)SCC1C(=O)O. The summed E-state index contributed by atoms with van der Waals surface area (Å²) in [4.78, 5) is 26.3. The Kier molecular flexibility index (Phi) is 5.74. The van der Waals surface area contributed by atoms with Crippen molar-refractivity contribution in [3.8, 4) is 0 Å². The molecule has 0 bridgehead atoms. The van der Waals surface area contributed by atoms with Crippen molar-refractivity contribution in [1.29, 1.82) is 0 Å². The summed E-state index contributed by atoms with van der Waals surface area (Å²) >= 11 is 1.49. The number of aliphatic carboxylic acids is 1. The number of amides is 2. The van der Waals surface area contributed by atoms with Gasteiger partial charge in [-0.3, -0.25) is 4.90 Å². The molecule has 0 spiro atoms. The molecule has 0 radical (unpaired) electrons. The fraction of sp³-hybridized carbons (Fsp3) is 0.818. The minimum absolute atomic E-state index is 0.0940. The molecule has 18 heavy (non-hydrogen) atoms. The van der Waals surface area contributed by atoms with E-state index in [2.05, 4.69) is 0 Å². The molecule has 2 amide bonds. The summed E-state index contributed by atoms with van der Waals surface area (Å²) in [6.45, 7) is 3.01. The van der Waals surface area contributed by atoms with E-state index >= 15 is 0 Å². The third kappa shape index (κ3) is 3.52. The summed E-state index contributed by atoms with van der Waals surface area (Å²) in [7, 11) is 3.30. The molecule has 0 aromatic rings. The van der Waals surface area contributed by atoms with Crippen molar-refractivity contribution in [3.05, 3.63) is 0 Å². The molecule has 104 valence electrons. The van der Waals surface area contributed by atoms with Gasteiger partial charge in [0.15, 0.2) is 0 Å². The van der Waals surface area contributed by atoms with Crippen LogP contribution in [0.25, 0.3) is 0 Å². The molecule has 0 aromatic carbocycles. The Bertz CT molecular complexity index is 313. The van der Waals surface area contributed by atoms with Crippen LogP contribution in [0.3, 0.4) is 0 Å². The fourth-order valence-corrected chi connectivity index (χ4v) is 3.02. The smallest absolute Gasteiger partial charge is 0.327 e. The molecule has 1 aliphatic rings. The van der Waals surface area contributed by atoms with Gasteiger partial charge in [0, 0.05) is 33.1 Å². The summed E-state index contributed by atoms with van der Waals surface area (Å²) in [6, 6.07) is -0.946. The molecular weight excluding hydrogens is 256 g/mol. The highest BCUT2D eigenvalue weighted by molar-refractivity contribution is 8.00. The molecule has 1 fully saturated rings. The molecule has 2 unspecified atom stereocenters. The van der Waals surface area contributed by atoms with Crippen molar-refractivity contribution >= 4 is 23.8 Å². The molecule has 7 heteroatoms. The number of carbonyl (C=O) groups is 2. The number of carbonyl (C=O) groups excluding carboxylic acids is 1. The maximum atomic E-state index is 12.2. The van der Waals surface area contributed by atoms with E-state index in [0.717, 1.165) is 6.42 Å². The normalized spacial score (nSPS) is 23.2. The summed E-state index contributed by atoms with van der Waals surface area (Å²) in [5.41, 5.74) is 0. The van der Waals surface area contributed by atoms with Gasteiger partial charge in [0.05, 0.1) is 5.37 Å². The Morgan fingerprint density at radius 3 is 2.78 bits per heavy atom. The highest BCUT2D eigenvalue weighted by atomic mass is 32.2. The van der Waals surface area contributed by atoms with E-state index in [1.165, 1.54) is 16.7 Å². The zero-order valence-corrected chi connectivity index (χ0v) is 11.8. The lowest BCUT2D eigenvalue weighted by molar-refractivity contribution is -0.141. The molecule has 6 nitrogen and oxygen atoms in total. The van der Waals surface area contributed by atoms with Crippen molar-refractivity contribution in [2.45, 2.75) is 24.8 Å².